The van der Waals surface area contributed by atoms with E-state index in [1.54, 1.807) is 13.2 Å². The van der Waals surface area contributed by atoms with E-state index >= 15 is 0 Å². The fourth-order valence-electron chi connectivity index (χ4n) is 1.11. The fraction of sp³-hybridized carbons (Fsp3) is 0.286. The molecule has 0 bridgehead atoms. The summed E-state index contributed by atoms with van der Waals surface area (Å²) in [5, 5.41) is 11.1. The Hall–Kier alpha value is -2.09. The molecule has 0 saturated carbocycles. The van der Waals surface area contributed by atoms with Crippen LogP contribution in [0.25, 0.3) is 11.5 Å². The summed E-state index contributed by atoms with van der Waals surface area (Å²) < 4.78 is 11.0. The predicted molar refractivity (Wildman–Crippen MR) is 50.8 cm³/mol. The molecule has 4 N–H and O–H groups in total. The van der Waals surface area contributed by atoms with Crippen molar-refractivity contribution in [2.24, 2.45) is 0 Å². The normalized spacial score (nSPS) is 10.7. The van der Waals surface area contributed by atoms with E-state index in [1.165, 1.54) is 0 Å². The number of rotatable bonds is 3. The van der Waals surface area contributed by atoms with E-state index in [0.29, 0.717) is 23.9 Å². The molecule has 2 aromatic rings. The summed E-state index contributed by atoms with van der Waals surface area (Å²) in [5.74, 6) is 6.61. The third kappa shape index (κ3) is 1.62. The van der Waals surface area contributed by atoms with Crippen LogP contribution >= 0.6 is 0 Å². The second-order valence-corrected chi connectivity index (χ2v) is 2.86. The van der Waals surface area contributed by atoms with E-state index in [0.717, 1.165) is 4.68 Å². The van der Waals surface area contributed by atoms with Gasteiger partial charge in [-0.1, -0.05) is 5.16 Å². The maximum Gasteiger partial charge on any atom is 0.241 e. The molecule has 0 aromatic carbocycles. The van der Waals surface area contributed by atoms with Crippen molar-refractivity contribution in [3.8, 4) is 11.5 Å². The Morgan fingerprint density at radius 1 is 1.53 bits per heavy atom. The second kappa shape index (κ2) is 3.58. The van der Waals surface area contributed by atoms with Gasteiger partial charge in [0, 0.05) is 13.2 Å². The van der Waals surface area contributed by atoms with E-state index < -0.39 is 0 Å². The standard InChI is InChI=1S/C7H10N6O2/c1-14-3-4-2-5(12-15-4)6-10-11-7(8)13(6)9/h2H,3,9H2,1H3,(H2,8,11). The Morgan fingerprint density at radius 3 is 2.93 bits per heavy atom. The molecule has 0 radical (unpaired) electrons. The first kappa shape index (κ1) is 9.46. The van der Waals surface area contributed by atoms with Crippen LogP contribution in [0, 0.1) is 0 Å². The Bertz CT molecular complexity index is 462. The van der Waals surface area contributed by atoms with Gasteiger partial charge in [0.2, 0.25) is 11.8 Å². The molecule has 8 heteroatoms. The first-order valence-corrected chi connectivity index (χ1v) is 4.13. The van der Waals surface area contributed by atoms with Gasteiger partial charge in [0.25, 0.3) is 0 Å². The molecule has 0 aliphatic carbocycles. The van der Waals surface area contributed by atoms with Crippen LogP contribution in [-0.4, -0.2) is 27.1 Å². The Labute approximate surface area is 84.8 Å². The maximum atomic E-state index is 5.57. The van der Waals surface area contributed by atoms with Crippen molar-refractivity contribution in [2.75, 3.05) is 18.7 Å². The largest absolute Gasteiger partial charge is 0.377 e. The highest BCUT2D eigenvalue weighted by atomic mass is 16.5. The minimum Gasteiger partial charge on any atom is -0.377 e. The Kier molecular flexibility index (Phi) is 2.26. The molecule has 2 heterocycles. The first-order valence-electron chi connectivity index (χ1n) is 4.13. The third-order valence-corrected chi connectivity index (χ3v) is 1.80. The van der Waals surface area contributed by atoms with Crippen LogP contribution in [-0.2, 0) is 11.3 Å². The van der Waals surface area contributed by atoms with Crippen molar-refractivity contribution in [1.29, 1.82) is 0 Å². The molecule has 0 aliphatic rings. The number of hydrogen-bond donors (Lipinski definition) is 2. The monoisotopic (exact) mass is 210 g/mol. The average molecular weight is 210 g/mol. The van der Waals surface area contributed by atoms with Crippen LogP contribution in [0.3, 0.4) is 0 Å². The molecule has 0 atom stereocenters. The average Bonchev–Trinajstić information content (AvgIpc) is 2.77. The molecule has 0 fully saturated rings. The van der Waals surface area contributed by atoms with Gasteiger partial charge in [-0.15, -0.1) is 10.2 Å². The number of anilines is 1. The fourth-order valence-corrected chi connectivity index (χ4v) is 1.11. The highest BCUT2D eigenvalue weighted by molar-refractivity contribution is 5.51. The van der Waals surface area contributed by atoms with Gasteiger partial charge in [-0.3, -0.25) is 0 Å². The third-order valence-electron chi connectivity index (χ3n) is 1.80. The summed E-state index contributed by atoms with van der Waals surface area (Å²) in [6, 6.07) is 1.66. The molecule has 0 unspecified atom stereocenters. The van der Waals surface area contributed by atoms with Crippen molar-refractivity contribution in [2.45, 2.75) is 6.61 Å². The van der Waals surface area contributed by atoms with E-state index in [9.17, 15) is 0 Å². The smallest absolute Gasteiger partial charge is 0.241 e. The highest BCUT2D eigenvalue weighted by Gasteiger charge is 2.14. The topological polar surface area (TPSA) is 118 Å². The lowest BCUT2D eigenvalue weighted by molar-refractivity contribution is 0.156. The van der Waals surface area contributed by atoms with Gasteiger partial charge in [0.05, 0.1) is 0 Å². The summed E-state index contributed by atoms with van der Waals surface area (Å²) in [5.41, 5.74) is 5.89. The van der Waals surface area contributed by atoms with Gasteiger partial charge in [-0.2, -0.15) is 0 Å². The molecule has 2 aromatic heterocycles. The van der Waals surface area contributed by atoms with Crippen molar-refractivity contribution >= 4 is 5.95 Å². The zero-order valence-corrected chi connectivity index (χ0v) is 8.04. The lowest BCUT2D eigenvalue weighted by Crippen LogP contribution is -2.13. The van der Waals surface area contributed by atoms with Crippen LogP contribution in [0.4, 0.5) is 5.95 Å². The van der Waals surface area contributed by atoms with Crippen molar-refractivity contribution < 1.29 is 9.26 Å². The van der Waals surface area contributed by atoms with Crippen molar-refractivity contribution in [3.05, 3.63) is 11.8 Å². The summed E-state index contributed by atoms with van der Waals surface area (Å²) in [4.78, 5) is 0. The van der Waals surface area contributed by atoms with E-state index in [2.05, 4.69) is 15.4 Å². The van der Waals surface area contributed by atoms with Gasteiger partial charge >= 0.3 is 0 Å². The number of nitrogens with zero attached hydrogens (tertiary/aromatic N) is 4. The summed E-state index contributed by atoms with van der Waals surface area (Å²) in [7, 11) is 1.56. The van der Waals surface area contributed by atoms with E-state index in [-0.39, 0.29) is 5.95 Å². The van der Waals surface area contributed by atoms with Crippen LogP contribution in [0.5, 0.6) is 0 Å². The van der Waals surface area contributed by atoms with Crippen LogP contribution < -0.4 is 11.6 Å². The zero-order chi connectivity index (χ0) is 10.8. The molecule has 80 valence electrons. The quantitative estimate of drug-likeness (QED) is 0.647. The summed E-state index contributed by atoms with van der Waals surface area (Å²) in [6.45, 7) is 0.335. The molecule has 2 rings (SSSR count). The molecule has 8 nitrogen and oxygen atoms in total. The van der Waals surface area contributed by atoms with E-state index in [1.807, 2.05) is 0 Å². The number of aromatic nitrogens is 4. The SMILES string of the molecule is COCc1cc(-c2nnc(N)n2N)no1. The number of ether oxygens (including phenoxy) is 1. The number of nitrogen functional groups attached to an aromatic ring is 2. The molecular formula is C7H10N6O2. The molecule has 0 amide bonds. The number of nitrogens with two attached hydrogens (primary N) is 2. The van der Waals surface area contributed by atoms with Gasteiger partial charge in [0.15, 0.2) is 11.5 Å². The summed E-state index contributed by atoms with van der Waals surface area (Å²) >= 11 is 0. The minimum atomic E-state index is 0.112. The Morgan fingerprint density at radius 2 is 2.33 bits per heavy atom. The number of hydrogen-bond acceptors (Lipinski definition) is 7. The highest BCUT2D eigenvalue weighted by Crippen LogP contribution is 2.17. The lowest BCUT2D eigenvalue weighted by atomic mass is 10.3. The van der Waals surface area contributed by atoms with Gasteiger partial charge in [-0.25, -0.2) is 4.68 Å². The van der Waals surface area contributed by atoms with Gasteiger partial charge in [0.1, 0.15) is 6.61 Å². The van der Waals surface area contributed by atoms with Crippen LogP contribution in [0.15, 0.2) is 10.6 Å². The molecule has 0 spiro atoms. The minimum absolute atomic E-state index is 0.112. The van der Waals surface area contributed by atoms with Crippen molar-refractivity contribution in [1.82, 2.24) is 20.0 Å². The van der Waals surface area contributed by atoms with E-state index in [4.69, 9.17) is 20.8 Å². The predicted octanol–water partition coefficient (Wildman–Crippen LogP) is -0.625. The molecule has 0 aliphatic heterocycles. The molecular weight excluding hydrogens is 200 g/mol. The summed E-state index contributed by atoms with van der Waals surface area (Å²) in [6.07, 6.45) is 0. The maximum absolute atomic E-state index is 5.57. The molecule has 0 saturated heterocycles. The van der Waals surface area contributed by atoms with Crippen molar-refractivity contribution in [3.63, 3.8) is 0 Å². The van der Waals surface area contributed by atoms with Crippen LogP contribution in [0.1, 0.15) is 5.76 Å². The van der Waals surface area contributed by atoms with Crippen LogP contribution in [0.2, 0.25) is 0 Å². The van der Waals surface area contributed by atoms with Gasteiger partial charge < -0.3 is 20.8 Å². The lowest BCUT2D eigenvalue weighted by Gasteiger charge is -1.94. The van der Waals surface area contributed by atoms with Gasteiger partial charge in [-0.05, 0) is 0 Å². The molecule has 15 heavy (non-hydrogen) atoms. The Balaban J connectivity index is 2.33. The zero-order valence-electron chi connectivity index (χ0n) is 8.04. The second-order valence-electron chi connectivity index (χ2n) is 2.86. The first-order chi connectivity index (χ1) is 7.22. The number of methoxy groups -OCH3 is 1.